The summed E-state index contributed by atoms with van der Waals surface area (Å²) in [6.45, 7) is 2.59. The maximum atomic E-state index is 12.5. The van der Waals surface area contributed by atoms with Gasteiger partial charge in [-0.3, -0.25) is 0 Å². The Morgan fingerprint density at radius 2 is 1.78 bits per heavy atom. The molecule has 106 valence electrons. The molecule has 1 aliphatic carbocycles. The smallest absolute Gasteiger partial charge is 0.214 e. The topological polar surface area (TPSA) is 63.4 Å². The van der Waals surface area contributed by atoms with Gasteiger partial charge in [-0.05, 0) is 38.5 Å². The fourth-order valence-electron chi connectivity index (χ4n) is 3.37. The first-order valence-corrected chi connectivity index (χ1v) is 8.87. The molecule has 1 saturated heterocycles. The molecule has 2 aliphatic rings. The highest BCUT2D eigenvalue weighted by molar-refractivity contribution is 7.89. The van der Waals surface area contributed by atoms with E-state index in [-0.39, 0.29) is 12.1 Å². The summed E-state index contributed by atoms with van der Waals surface area (Å²) in [4.78, 5) is 0. The zero-order valence-corrected chi connectivity index (χ0v) is 12.2. The van der Waals surface area contributed by atoms with E-state index in [0.717, 1.165) is 32.1 Å². The summed E-state index contributed by atoms with van der Waals surface area (Å²) in [7, 11) is -3.11. The number of sulfonamides is 1. The average Bonchev–Trinajstić information content (AvgIpc) is 2.81. The Hall–Kier alpha value is -0.130. The summed E-state index contributed by atoms with van der Waals surface area (Å²) in [6.07, 6.45) is 7.54. The second-order valence-corrected chi connectivity index (χ2v) is 7.93. The van der Waals surface area contributed by atoms with E-state index in [1.807, 2.05) is 6.92 Å². The molecule has 18 heavy (non-hydrogen) atoms. The molecule has 0 amide bonds. The lowest BCUT2D eigenvalue weighted by Gasteiger charge is -2.37. The minimum atomic E-state index is -3.11. The monoisotopic (exact) mass is 274 g/mol. The van der Waals surface area contributed by atoms with Crippen molar-refractivity contribution in [1.82, 2.24) is 4.31 Å². The van der Waals surface area contributed by atoms with Crippen LogP contribution in [0.3, 0.4) is 0 Å². The van der Waals surface area contributed by atoms with E-state index >= 15 is 0 Å². The van der Waals surface area contributed by atoms with Crippen LogP contribution in [0.1, 0.15) is 51.9 Å². The Kier molecular flexibility index (Phi) is 4.67. The Balaban J connectivity index is 2.06. The van der Waals surface area contributed by atoms with Gasteiger partial charge in [-0.15, -0.1) is 0 Å². The number of hydrogen-bond acceptors (Lipinski definition) is 3. The predicted octanol–water partition coefficient (Wildman–Crippen LogP) is 1.71. The summed E-state index contributed by atoms with van der Waals surface area (Å²) >= 11 is 0. The molecule has 2 N–H and O–H groups in total. The first-order chi connectivity index (χ1) is 8.50. The van der Waals surface area contributed by atoms with Crippen LogP contribution in [0.15, 0.2) is 0 Å². The molecule has 0 bridgehead atoms. The van der Waals surface area contributed by atoms with Gasteiger partial charge >= 0.3 is 0 Å². The quantitative estimate of drug-likeness (QED) is 0.849. The van der Waals surface area contributed by atoms with Crippen molar-refractivity contribution in [3.8, 4) is 0 Å². The number of hydrogen-bond donors (Lipinski definition) is 1. The number of nitrogens with zero attached hydrogens (tertiary/aromatic N) is 1. The Labute approximate surface area is 111 Å². The van der Waals surface area contributed by atoms with Crippen molar-refractivity contribution >= 4 is 10.0 Å². The Morgan fingerprint density at radius 1 is 1.17 bits per heavy atom. The fraction of sp³-hybridized carbons (Fsp3) is 1.00. The third-order valence-electron chi connectivity index (χ3n) is 4.38. The molecule has 1 aliphatic heterocycles. The minimum Gasteiger partial charge on any atom is -0.326 e. The highest BCUT2D eigenvalue weighted by Crippen LogP contribution is 2.29. The van der Waals surface area contributed by atoms with E-state index in [1.165, 1.54) is 12.8 Å². The van der Waals surface area contributed by atoms with E-state index in [9.17, 15) is 8.42 Å². The Morgan fingerprint density at radius 3 is 2.39 bits per heavy atom. The van der Waals surface area contributed by atoms with E-state index in [0.29, 0.717) is 18.2 Å². The van der Waals surface area contributed by atoms with Crippen molar-refractivity contribution in [3.05, 3.63) is 0 Å². The van der Waals surface area contributed by atoms with Crippen LogP contribution in [0.5, 0.6) is 0 Å². The zero-order chi connectivity index (χ0) is 13.2. The maximum Gasteiger partial charge on any atom is 0.214 e. The summed E-state index contributed by atoms with van der Waals surface area (Å²) < 4.78 is 26.8. The standard InChI is InChI=1S/C13H26N2O2S/c1-11(14)13-8-4-5-9-15(13)18(16,17)10-12-6-2-3-7-12/h11-13H,2-10,14H2,1H3. The normalized spacial score (nSPS) is 29.6. The van der Waals surface area contributed by atoms with Gasteiger partial charge in [0.15, 0.2) is 0 Å². The molecular weight excluding hydrogens is 248 g/mol. The molecule has 0 radical (unpaired) electrons. The van der Waals surface area contributed by atoms with Crippen LogP contribution in [0.25, 0.3) is 0 Å². The minimum absolute atomic E-state index is 0.0187. The van der Waals surface area contributed by atoms with Crippen molar-refractivity contribution in [2.45, 2.75) is 64.0 Å². The summed E-state index contributed by atoms with van der Waals surface area (Å²) in [5.74, 6) is 0.724. The van der Waals surface area contributed by atoms with Crippen molar-refractivity contribution in [2.75, 3.05) is 12.3 Å². The first kappa shape index (κ1) is 14.3. The summed E-state index contributed by atoms with van der Waals surface area (Å²) in [5.41, 5.74) is 5.96. The lowest BCUT2D eigenvalue weighted by molar-refractivity contribution is 0.226. The molecule has 1 heterocycles. The molecule has 2 atom stereocenters. The van der Waals surface area contributed by atoms with Gasteiger partial charge in [-0.2, -0.15) is 4.31 Å². The van der Waals surface area contributed by atoms with Gasteiger partial charge in [0.1, 0.15) is 0 Å². The van der Waals surface area contributed by atoms with Crippen LogP contribution >= 0.6 is 0 Å². The molecule has 0 aromatic heterocycles. The number of piperidine rings is 1. The van der Waals surface area contributed by atoms with Crippen LogP contribution < -0.4 is 5.73 Å². The zero-order valence-electron chi connectivity index (χ0n) is 11.3. The van der Waals surface area contributed by atoms with Gasteiger partial charge in [0.25, 0.3) is 0 Å². The molecule has 0 spiro atoms. The molecular formula is C13H26N2O2S. The maximum absolute atomic E-state index is 12.5. The highest BCUT2D eigenvalue weighted by Gasteiger charge is 2.35. The van der Waals surface area contributed by atoms with Crippen molar-refractivity contribution in [3.63, 3.8) is 0 Å². The molecule has 2 unspecified atom stereocenters. The van der Waals surface area contributed by atoms with Crippen molar-refractivity contribution in [1.29, 1.82) is 0 Å². The van der Waals surface area contributed by atoms with Gasteiger partial charge in [0.05, 0.1) is 5.75 Å². The van der Waals surface area contributed by atoms with E-state index in [4.69, 9.17) is 5.73 Å². The third kappa shape index (κ3) is 3.25. The summed E-state index contributed by atoms with van der Waals surface area (Å²) in [6, 6.07) is -0.0474. The molecule has 4 nitrogen and oxygen atoms in total. The Bertz CT molecular complexity index is 361. The average molecular weight is 274 g/mol. The molecule has 0 aromatic carbocycles. The fourth-order valence-corrected chi connectivity index (χ4v) is 5.61. The second kappa shape index (κ2) is 5.88. The van der Waals surface area contributed by atoms with Gasteiger partial charge in [-0.25, -0.2) is 8.42 Å². The predicted molar refractivity (Wildman–Crippen MR) is 73.7 cm³/mol. The summed E-state index contributed by atoms with van der Waals surface area (Å²) in [5, 5.41) is 0. The largest absolute Gasteiger partial charge is 0.326 e. The van der Waals surface area contributed by atoms with Gasteiger partial charge < -0.3 is 5.73 Å². The van der Waals surface area contributed by atoms with Gasteiger partial charge in [-0.1, -0.05) is 19.3 Å². The molecule has 1 saturated carbocycles. The van der Waals surface area contributed by atoms with Crippen molar-refractivity contribution in [2.24, 2.45) is 11.7 Å². The first-order valence-electron chi connectivity index (χ1n) is 7.26. The van der Waals surface area contributed by atoms with E-state index in [1.54, 1.807) is 4.31 Å². The van der Waals surface area contributed by atoms with Gasteiger partial charge in [0, 0.05) is 18.6 Å². The lowest BCUT2D eigenvalue weighted by Crippen LogP contribution is -2.52. The number of nitrogens with two attached hydrogens (primary N) is 1. The van der Waals surface area contributed by atoms with E-state index in [2.05, 4.69) is 0 Å². The molecule has 5 heteroatoms. The molecule has 0 aromatic rings. The van der Waals surface area contributed by atoms with Crippen LogP contribution in [-0.4, -0.2) is 37.1 Å². The van der Waals surface area contributed by atoms with Crippen LogP contribution in [0.2, 0.25) is 0 Å². The molecule has 2 fully saturated rings. The second-order valence-electron chi connectivity index (χ2n) is 5.96. The van der Waals surface area contributed by atoms with Crippen molar-refractivity contribution < 1.29 is 8.42 Å². The molecule has 2 rings (SSSR count). The van der Waals surface area contributed by atoms with Crippen LogP contribution in [0, 0.1) is 5.92 Å². The third-order valence-corrected chi connectivity index (χ3v) is 6.44. The van der Waals surface area contributed by atoms with Crippen LogP contribution in [0.4, 0.5) is 0 Å². The van der Waals surface area contributed by atoms with Crippen LogP contribution in [-0.2, 0) is 10.0 Å². The SMILES string of the molecule is CC(N)C1CCCCN1S(=O)(=O)CC1CCCC1. The number of rotatable bonds is 4. The van der Waals surface area contributed by atoms with Gasteiger partial charge in [0.2, 0.25) is 10.0 Å². The lowest BCUT2D eigenvalue weighted by atomic mass is 10.00. The highest BCUT2D eigenvalue weighted by atomic mass is 32.2. The van der Waals surface area contributed by atoms with E-state index < -0.39 is 10.0 Å².